The molecule has 0 fully saturated rings. The standard InChI is InChI=1S/C16H15NO3/c1-11-6-5-9-13(15(11)16(19)20)17-14(18)10-12-7-3-2-4-8-12/h2-9H,10H2,1H3,(H,17,18)(H,19,20). The van der Waals surface area contributed by atoms with Gasteiger partial charge in [0.1, 0.15) is 0 Å². The monoisotopic (exact) mass is 269 g/mol. The normalized spacial score (nSPS) is 10.1. The van der Waals surface area contributed by atoms with E-state index in [9.17, 15) is 14.7 Å². The number of hydrogen-bond donors (Lipinski definition) is 2. The first-order valence-corrected chi connectivity index (χ1v) is 6.24. The molecule has 0 unspecified atom stereocenters. The molecule has 2 aromatic carbocycles. The topological polar surface area (TPSA) is 66.4 Å². The predicted molar refractivity (Wildman–Crippen MR) is 76.9 cm³/mol. The molecule has 4 heteroatoms. The Hall–Kier alpha value is -2.62. The molecule has 2 N–H and O–H groups in total. The van der Waals surface area contributed by atoms with Gasteiger partial charge in [-0.3, -0.25) is 4.79 Å². The van der Waals surface area contributed by atoms with E-state index in [4.69, 9.17) is 0 Å². The van der Waals surface area contributed by atoms with Crippen LogP contribution in [0.4, 0.5) is 5.69 Å². The summed E-state index contributed by atoms with van der Waals surface area (Å²) in [4.78, 5) is 23.2. The lowest BCUT2D eigenvalue weighted by molar-refractivity contribution is -0.115. The fourth-order valence-corrected chi connectivity index (χ4v) is 2.03. The van der Waals surface area contributed by atoms with Crippen LogP contribution in [0.2, 0.25) is 0 Å². The third kappa shape index (κ3) is 3.23. The molecule has 0 aliphatic carbocycles. The number of benzene rings is 2. The van der Waals surface area contributed by atoms with E-state index in [-0.39, 0.29) is 17.9 Å². The number of rotatable bonds is 4. The lowest BCUT2D eigenvalue weighted by Crippen LogP contribution is -2.17. The first kappa shape index (κ1) is 13.8. The Morgan fingerprint density at radius 3 is 2.40 bits per heavy atom. The van der Waals surface area contributed by atoms with Crippen LogP contribution in [-0.4, -0.2) is 17.0 Å². The fraction of sp³-hybridized carbons (Fsp3) is 0.125. The van der Waals surface area contributed by atoms with Crippen LogP contribution in [0.25, 0.3) is 0 Å². The van der Waals surface area contributed by atoms with Gasteiger partial charge in [-0.15, -0.1) is 0 Å². The van der Waals surface area contributed by atoms with Crippen LogP contribution in [0.5, 0.6) is 0 Å². The Kier molecular flexibility index (Phi) is 4.15. The summed E-state index contributed by atoms with van der Waals surface area (Å²) in [6, 6.07) is 14.3. The highest BCUT2D eigenvalue weighted by atomic mass is 16.4. The molecule has 2 rings (SSSR count). The summed E-state index contributed by atoms with van der Waals surface area (Å²) in [6.07, 6.45) is 0.216. The minimum absolute atomic E-state index is 0.133. The number of hydrogen-bond acceptors (Lipinski definition) is 2. The van der Waals surface area contributed by atoms with Crippen molar-refractivity contribution in [3.8, 4) is 0 Å². The number of carboxylic acid groups (broad SMARTS) is 1. The van der Waals surface area contributed by atoms with Gasteiger partial charge in [0.2, 0.25) is 5.91 Å². The Labute approximate surface area is 117 Å². The van der Waals surface area contributed by atoms with E-state index in [0.717, 1.165) is 5.56 Å². The lowest BCUT2D eigenvalue weighted by atomic mass is 10.1. The number of anilines is 1. The van der Waals surface area contributed by atoms with Gasteiger partial charge in [0.05, 0.1) is 17.7 Å². The predicted octanol–water partition coefficient (Wildman–Crippen LogP) is 2.87. The summed E-state index contributed by atoms with van der Waals surface area (Å²) in [7, 11) is 0. The van der Waals surface area contributed by atoms with Gasteiger partial charge in [0.15, 0.2) is 0 Å². The summed E-state index contributed by atoms with van der Waals surface area (Å²) in [5.41, 5.74) is 1.97. The van der Waals surface area contributed by atoms with Crippen LogP contribution in [0.1, 0.15) is 21.5 Å². The highest BCUT2D eigenvalue weighted by Crippen LogP contribution is 2.19. The first-order chi connectivity index (χ1) is 9.58. The molecule has 0 saturated carbocycles. The van der Waals surface area contributed by atoms with Gasteiger partial charge in [0, 0.05) is 0 Å². The van der Waals surface area contributed by atoms with Gasteiger partial charge in [-0.2, -0.15) is 0 Å². The summed E-state index contributed by atoms with van der Waals surface area (Å²) >= 11 is 0. The number of carboxylic acids is 1. The Morgan fingerprint density at radius 1 is 1.05 bits per heavy atom. The fourth-order valence-electron chi connectivity index (χ4n) is 2.03. The van der Waals surface area contributed by atoms with E-state index in [1.165, 1.54) is 0 Å². The molecular weight excluding hydrogens is 254 g/mol. The minimum Gasteiger partial charge on any atom is -0.478 e. The van der Waals surface area contributed by atoms with Crippen molar-refractivity contribution in [2.75, 3.05) is 5.32 Å². The SMILES string of the molecule is Cc1cccc(NC(=O)Cc2ccccc2)c1C(=O)O. The molecular formula is C16H15NO3. The van der Waals surface area contributed by atoms with Gasteiger partial charge in [-0.25, -0.2) is 4.79 Å². The molecule has 0 atom stereocenters. The van der Waals surface area contributed by atoms with Crippen molar-refractivity contribution in [2.45, 2.75) is 13.3 Å². The van der Waals surface area contributed by atoms with Crippen molar-refractivity contribution in [3.05, 3.63) is 65.2 Å². The lowest BCUT2D eigenvalue weighted by Gasteiger charge is -2.10. The van der Waals surface area contributed by atoms with Crippen molar-refractivity contribution in [3.63, 3.8) is 0 Å². The number of carbonyl (C=O) groups excluding carboxylic acids is 1. The molecule has 2 aromatic rings. The molecule has 0 aliphatic rings. The van der Waals surface area contributed by atoms with Crippen LogP contribution >= 0.6 is 0 Å². The Morgan fingerprint density at radius 2 is 1.75 bits per heavy atom. The number of aryl methyl sites for hydroxylation is 1. The molecule has 0 aliphatic heterocycles. The Bertz CT molecular complexity index is 635. The number of amides is 1. The molecule has 1 amide bonds. The maximum Gasteiger partial charge on any atom is 0.338 e. The van der Waals surface area contributed by atoms with Gasteiger partial charge in [-0.05, 0) is 24.1 Å². The molecule has 0 aromatic heterocycles. The van der Waals surface area contributed by atoms with Crippen molar-refractivity contribution in [1.29, 1.82) is 0 Å². The summed E-state index contributed by atoms with van der Waals surface area (Å²) < 4.78 is 0. The van der Waals surface area contributed by atoms with Gasteiger partial charge < -0.3 is 10.4 Å². The number of nitrogens with one attached hydrogen (secondary N) is 1. The van der Waals surface area contributed by atoms with E-state index in [1.807, 2.05) is 30.3 Å². The van der Waals surface area contributed by atoms with Crippen molar-refractivity contribution in [1.82, 2.24) is 0 Å². The molecule has 0 heterocycles. The van der Waals surface area contributed by atoms with Crippen LogP contribution in [0.15, 0.2) is 48.5 Å². The van der Waals surface area contributed by atoms with Crippen LogP contribution < -0.4 is 5.32 Å². The average Bonchev–Trinajstić information content (AvgIpc) is 2.39. The molecule has 0 spiro atoms. The van der Waals surface area contributed by atoms with Crippen LogP contribution in [0.3, 0.4) is 0 Å². The number of aromatic carboxylic acids is 1. The smallest absolute Gasteiger partial charge is 0.338 e. The molecule has 20 heavy (non-hydrogen) atoms. The van der Waals surface area contributed by atoms with Crippen molar-refractivity contribution < 1.29 is 14.7 Å². The van der Waals surface area contributed by atoms with E-state index < -0.39 is 5.97 Å². The van der Waals surface area contributed by atoms with Crippen LogP contribution in [0, 0.1) is 6.92 Å². The summed E-state index contributed by atoms with van der Waals surface area (Å²) in [5, 5.41) is 11.9. The minimum atomic E-state index is -1.04. The number of carbonyl (C=O) groups is 2. The highest BCUT2D eigenvalue weighted by molar-refractivity contribution is 6.02. The maximum atomic E-state index is 12.0. The zero-order valence-corrected chi connectivity index (χ0v) is 11.1. The van der Waals surface area contributed by atoms with E-state index in [2.05, 4.69) is 5.32 Å². The van der Waals surface area contributed by atoms with Gasteiger partial charge in [0.25, 0.3) is 0 Å². The highest BCUT2D eigenvalue weighted by Gasteiger charge is 2.14. The third-order valence-electron chi connectivity index (χ3n) is 2.97. The Balaban J connectivity index is 2.16. The first-order valence-electron chi connectivity index (χ1n) is 6.24. The second kappa shape index (κ2) is 6.02. The van der Waals surface area contributed by atoms with E-state index in [1.54, 1.807) is 25.1 Å². The second-order valence-corrected chi connectivity index (χ2v) is 4.51. The van der Waals surface area contributed by atoms with E-state index >= 15 is 0 Å². The van der Waals surface area contributed by atoms with Gasteiger partial charge >= 0.3 is 5.97 Å². The molecule has 0 saturated heterocycles. The zero-order valence-electron chi connectivity index (χ0n) is 11.1. The zero-order chi connectivity index (χ0) is 14.5. The van der Waals surface area contributed by atoms with Gasteiger partial charge in [-0.1, -0.05) is 42.5 Å². The summed E-state index contributed by atoms with van der Waals surface area (Å²) in [5.74, 6) is -1.28. The molecule has 4 nitrogen and oxygen atoms in total. The van der Waals surface area contributed by atoms with Crippen molar-refractivity contribution in [2.24, 2.45) is 0 Å². The third-order valence-corrected chi connectivity index (χ3v) is 2.97. The molecule has 0 radical (unpaired) electrons. The van der Waals surface area contributed by atoms with E-state index in [0.29, 0.717) is 11.3 Å². The summed E-state index contributed by atoms with van der Waals surface area (Å²) in [6.45, 7) is 1.70. The quantitative estimate of drug-likeness (QED) is 0.896. The largest absolute Gasteiger partial charge is 0.478 e. The second-order valence-electron chi connectivity index (χ2n) is 4.51. The average molecular weight is 269 g/mol. The van der Waals surface area contributed by atoms with Crippen LogP contribution in [-0.2, 0) is 11.2 Å². The molecule has 102 valence electrons. The maximum absolute atomic E-state index is 12.0. The molecule has 0 bridgehead atoms. The van der Waals surface area contributed by atoms with Crippen molar-refractivity contribution >= 4 is 17.6 Å².